The summed E-state index contributed by atoms with van der Waals surface area (Å²) < 4.78 is 12.2. The van der Waals surface area contributed by atoms with Gasteiger partial charge in [0.15, 0.2) is 0 Å². The van der Waals surface area contributed by atoms with Crippen molar-refractivity contribution in [2.75, 3.05) is 13.1 Å². The first-order chi connectivity index (χ1) is 11.4. The molecule has 0 atom stereocenters. The molecule has 0 N–H and O–H groups in total. The van der Waals surface area contributed by atoms with Crippen molar-refractivity contribution in [3.05, 3.63) is 29.8 Å². The van der Waals surface area contributed by atoms with Gasteiger partial charge in [0.1, 0.15) is 0 Å². The Morgan fingerprint density at radius 3 is 1.88 bits per heavy atom. The fourth-order valence-electron chi connectivity index (χ4n) is 3.14. The zero-order valence-electron chi connectivity index (χ0n) is 16.4. The van der Waals surface area contributed by atoms with Gasteiger partial charge in [-0.1, -0.05) is 44.5 Å². The van der Waals surface area contributed by atoms with Crippen molar-refractivity contribution < 1.29 is 9.31 Å². The number of likely N-dealkylation sites (tertiary alicyclic amines) is 1. The zero-order valence-corrected chi connectivity index (χ0v) is 16.4. The Kier molecular flexibility index (Phi) is 6.52. The highest BCUT2D eigenvalue weighted by Crippen LogP contribution is 2.36. The minimum atomic E-state index is -0.274. The van der Waals surface area contributed by atoms with Crippen LogP contribution in [0.1, 0.15) is 66.4 Å². The van der Waals surface area contributed by atoms with E-state index in [9.17, 15) is 0 Å². The second-order valence-corrected chi connectivity index (χ2v) is 7.67. The molecule has 0 bridgehead atoms. The van der Waals surface area contributed by atoms with Crippen LogP contribution >= 0.6 is 0 Å². The Bertz CT molecular complexity index is 491. The van der Waals surface area contributed by atoms with E-state index in [2.05, 4.69) is 56.9 Å². The first kappa shape index (κ1) is 19.5. The van der Waals surface area contributed by atoms with Crippen molar-refractivity contribution in [1.29, 1.82) is 0 Å². The van der Waals surface area contributed by atoms with Crippen LogP contribution in [0.2, 0.25) is 0 Å². The van der Waals surface area contributed by atoms with Crippen molar-refractivity contribution in [2.24, 2.45) is 0 Å². The highest BCUT2D eigenvalue weighted by molar-refractivity contribution is 6.62. The lowest BCUT2D eigenvalue weighted by Gasteiger charge is -2.32. The van der Waals surface area contributed by atoms with E-state index in [-0.39, 0.29) is 18.3 Å². The van der Waals surface area contributed by atoms with E-state index in [1.54, 1.807) is 0 Å². The molecule has 0 amide bonds. The van der Waals surface area contributed by atoms with Gasteiger partial charge in [0.25, 0.3) is 0 Å². The quantitative estimate of drug-likeness (QED) is 0.782. The van der Waals surface area contributed by atoms with Crippen molar-refractivity contribution in [2.45, 2.75) is 78.6 Å². The SMILES string of the molecule is CC.CC1(C)OB(c2ccc(CN3CCCCC3)cc2)OC1(C)C. The van der Waals surface area contributed by atoms with E-state index >= 15 is 0 Å². The first-order valence-corrected chi connectivity index (χ1v) is 9.54. The third-order valence-corrected chi connectivity index (χ3v) is 5.36. The van der Waals surface area contributed by atoms with Crippen LogP contribution in [0.5, 0.6) is 0 Å². The van der Waals surface area contributed by atoms with E-state index in [0.29, 0.717) is 0 Å². The minimum absolute atomic E-state index is 0.256. The molecular weight excluding hydrogens is 297 g/mol. The molecule has 24 heavy (non-hydrogen) atoms. The van der Waals surface area contributed by atoms with Gasteiger partial charge >= 0.3 is 7.12 Å². The summed E-state index contributed by atoms with van der Waals surface area (Å²) in [7, 11) is -0.256. The van der Waals surface area contributed by atoms with Crippen LogP contribution < -0.4 is 5.46 Å². The summed E-state index contributed by atoms with van der Waals surface area (Å²) in [5.41, 5.74) is 1.94. The second-order valence-electron chi connectivity index (χ2n) is 7.67. The number of hydrogen-bond donors (Lipinski definition) is 0. The summed E-state index contributed by atoms with van der Waals surface area (Å²) >= 11 is 0. The van der Waals surface area contributed by atoms with E-state index in [1.165, 1.54) is 37.9 Å². The van der Waals surface area contributed by atoms with Gasteiger partial charge in [-0.25, -0.2) is 0 Å². The highest BCUT2D eigenvalue weighted by Gasteiger charge is 2.51. The van der Waals surface area contributed by atoms with Crippen molar-refractivity contribution >= 4 is 12.6 Å². The van der Waals surface area contributed by atoms with Crippen LogP contribution in [0.25, 0.3) is 0 Å². The maximum absolute atomic E-state index is 6.11. The molecule has 0 radical (unpaired) electrons. The fraction of sp³-hybridized carbons (Fsp3) is 0.700. The van der Waals surface area contributed by atoms with Gasteiger partial charge in [-0.3, -0.25) is 4.90 Å². The molecular formula is C20H34BNO2. The van der Waals surface area contributed by atoms with Gasteiger partial charge in [0.05, 0.1) is 11.2 Å². The van der Waals surface area contributed by atoms with Crippen molar-refractivity contribution in [3.63, 3.8) is 0 Å². The number of piperidine rings is 1. The summed E-state index contributed by atoms with van der Waals surface area (Å²) in [5, 5.41) is 0. The molecule has 2 aliphatic rings. The molecule has 2 heterocycles. The van der Waals surface area contributed by atoms with Crippen LogP contribution in [0.3, 0.4) is 0 Å². The summed E-state index contributed by atoms with van der Waals surface area (Å²) in [5.74, 6) is 0. The first-order valence-electron chi connectivity index (χ1n) is 9.54. The van der Waals surface area contributed by atoms with Crippen LogP contribution in [0.4, 0.5) is 0 Å². The van der Waals surface area contributed by atoms with Crippen LogP contribution in [0.15, 0.2) is 24.3 Å². The Labute approximate surface area is 148 Å². The third kappa shape index (κ3) is 4.41. The zero-order chi connectivity index (χ0) is 17.8. The van der Waals surface area contributed by atoms with Crippen LogP contribution in [0, 0.1) is 0 Å². The molecule has 0 spiro atoms. The molecule has 2 aliphatic heterocycles. The highest BCUT2D eigenvalue weighted by atomic mass is 16.7. The van der Waals surface area contributed by atoms with Gasteiger partial charge < -0.3 is 9.31 Å². The molecule has 2 fully saturated rings. The number of nitrogens with zero attached hydrogens (tertiary/aromatic N) is 1. The molecule has 3 rings (SSSR count). The maximum atomic E-state index is 6.11. The Morgan fingerprint density at radius 2 is 1.38 bits per heavy atom. The Balaban J connectivity index is 0.00000100. The van der Waals surface area contributed by atoms with Gasteiger partial charge in [-0.15, -0.1) is 0 Å². The van der Waals surface area contributed by atoms with Gasteiger partial charge in [0.2, 0.25) is 0 Å². The van der Waals surface area contributed by atoms with E-state index < -0.39 is 0 Å². The number of hydrogen-bond acceptors (Lipinski definition) is 3. The number of benzene rings is 1. The predicted octanol–water partition coefficient (Wildman–Crippen LogP) is 4.00. The van der Waals surface area contributed by atoms with Gasteiger partial charge in [0, 0.05) is 6.54 Å². The largest absolute Gasteiger partial charge is 0.494 e. The van der Waals surface area contributed by atoms with Crippen molar-refractivity contribution in [1.82, 2.24) is 4.90 Å². The molecule has 2 saturated heterocycles. The topological polar surface area (TPSA) is 21.7 Å². The van der Waals surface area contributed by atoms with Gasteiger partial charge in [-0.05, 0) is 64.7 Å². The van der Waals surface area contributed by atoms with E-state index in [0.717, 1.165) is 12.0 Å². The third-order valence-electron chi connectivity index (χ3n) is 5.36. The second kappa shape index (κ2) is 8.03. The lowest BCUT2D eigenvalue weighted by Crippen LogP contribution is -2.41. The minimum Gasteiger partial charge on any atom is -0.399 e. The molecule has 134 valence electrons. The smallest absolute Gasteiger partial charge is 0.399 e. The monoisotopic (exact) mass is 331 g/mol. The van der Waals surface area contributed by atoms with Crippen molar-refractivity contribution in [3.8, 4) is 0 Å². The van der Waals surface area contributed by atoms with E-state index in [1.807, 2.05) is 13.8 Å². The molecule has 4 heteroatoms. The lowest BCUT2D eigenvalue weighted by molar-refractivity contribution is 0.00578. The molecule has 0 aromatic heterocycles. The van der Waals surface area contributed by atoms with E-state index in [4.69, 9.17) is 9.31 Å². The molecule has 3 nitrogen and oxygen atoms in total. The normalized spacial score (nSPS) is 22.8. The predicted molar refractivity (Wildman–Crippen MR) is 103 cm³/mol. The van der Waals surface area contributed by atoms with Gasteiger partial charge in [-0.2, -0.15) is 0 Å². The molecule has 0 aliphatic carbocycles. The average molecular weight is 331 g/mol. The maximum Gasteiger partial charge on any atom is 0.494 e. The summed E-state index contributed by atoms with van der Waals surface area (Å²) in [4.78, 5) is 2.55. The molecule has 1 aromatic rings. The summed E-state index contributed by atoms with van der Waals surface area (Å²) in [6, 6.07) is 8.74. The van der Waals surface area contributed by atoms with Crippen LogP contribution in [-0.2, 0) is 15.9 Å². The fourth-order valence-corrected chi connectivity index (χ4v) is 3.14. The molecule has 0 saturated carbocycles. The summed E-state index contributed by atoms with van der Waals surface area (Å²) in [6.07, 6.45) is 4.06. The molecule has 0 unspecified atom stereocenters. The lowest BCUT2D eigenvalue weighted by atomic mass is 9.79. The van der Waals surface area contributed by atoms with Crippen LogP contribution in [-0.4, -0.2) is 36.3 Å². The Hall–Kier alpha value is -0.835. The molecule has 1 aromatic carbocycles. The Morgan fingerprint density at radius 1 is 0.875 bits per heavy atom. The standard InChI is InChI=1S/C18H28BNO2.C2H6/c1-17(2)18(3,4)22-19(21-17)16-10-8-15(9-11-16)14-20-12-6-5-7-13-20;1-2/h8-11H,5-7,12-14H2,1-4H3;1-2H3. The summed E-state index contributed by atoms with van der Waals surface area (Å²) in [6.45, 7) is 15.9. The number of rotatable bonds is 3. The average Bonchev–Trinajstić information content (AvgIpc) is 2.79.